The Hall–Kier alpha value is -1.15. The lowest BCUT2D eigenvalue weighted by atomic mass is 9.85. The van der Waals surface area contributed by atoms with E-state index in [9.17, 15) is 44.6 Å². The third kappa shape index (κ3) is 37.3. The summed E-state index contributed by atoms with van der Waals surface area (Å²) in [6, 6.07) is 0. The van der Waals surface area contributed by atoms with Crippen molar-refractivity contribution in [1.82, 2.24) is 0 Å². The van der Waals surface area contributed by atoms with Crippen LogP contribution in [0, 0.1) is 0 Å². The highest BCUT2D eigenvalue weighted by Gasteiger charge is 2.51. The molecular formula is C55H107O13P. The number of ether oxygens (including phenoxy) is 2. The minimum atomic E-state index is -5.12. The summed E-state index contributed by atoms with van der Waals surface area (Å²) in [6.07, 6.45) is 37.2. The van der Waals surface area contributed by atoms with Gasteiger partial charge in [-0.1, -0.05) is 258 Å². The minimum Gasteiger partial charge on any atom is -0.462 e. The topological polar surface area (TPSA) is 210 Å². The number of aliphatic hydroxyl groups excluding tert-OH is 5. The molecule has 410 valence electrons. The van der Waals surface area contributed by atoms with Crippen LogP contribution in [0.3, 0.4) is 0 Å². The lowest BCUT2D eigenvalue weighted by molar-refractivity contribution is -0.220. The van der Waals surface area contributed by atoms with E-state index in [1.54, 1.807) is 0 Å². The van der Waals surface area contributed by atoms with E-state index in [2.05, 4.69) is 13.8 Å². The van der Waals surface area contributed by atoms with Gasteiger partial charge in [0, 0.05) is 12.8 Å². The smallest absolute Gasteiger partial charge is 0.462 e. The highest BCUT2D eigenvalue weighted by molar-refractivity contribution is 7.47. The summed E-state index contributed by atoms with van der Waals surface area (Å²) in [4.78, 5) is 36.0. The first-order valence-electron chi connectivity index (χ1n) is 28.8. The summed E-state index contributed by atoms with van der Waals surface area (Å²) >= 11 is 0. The molecule has 6 unspecified atom stereocenters. The van der Waals surface area contributed by atoms with Crippen LogP contribution >= 0.6 is 7.82 Å². The molecule has 1 rings (SSSR count). The van der Waals surface area contributed by atoms with Gasteiger partial charge in [0.15, 0.2) is 6.10 Å². The first-order chi connectivity index (χ1) is 33.4. The Balaban J connectivity index is 2.32. The average molecular weight is 1010 g/mol. The van der Waals surface area contributed by atoms with Gasteiger partial charge >= 0.3 is 19.8 Å². The fourth-order valence-corrected chi connectivity index (χ4v) is 10.3. The normalized spacial score (nSPS) is 20.8. The third-order valence-electron chi connectivity index (χ3n) is 13.9. The van der Waals surface area contributed by atoms with Gasteiger partial charge < -0.3 is 39.9 Å². The summed E-state index contributed by atoms with van der Waals surface area (Å²) in [5.41, 5.74) is 0. The zero-order valence-electron chi connectivity index (χ0n) is 44.1. The van der Waals surface area contributed by atoms with Gasteiger partial charge in [-0.3, -0.25) is 18.6 Å². The Morgan fingerprint density at radius 1 is 0.391 bits per heavy atom. The maximum Gasteiger partial charge on any atom is 0.472 e. The number of phosphoric ester groups is 1. The van der Waals surface area contributed by atoms with Crippen LogP contribution in [0.2, 0.25) is 0 Å². The van der Waals surface area contributed by atoms with Crippen molar-refractivity contribution in [2.45, 2.75) is 326 Å². The lowest BCUT2D eigenvalue weighted by Crippen LogP contribution is -2.64. The van der Waals surface area contributed by atoms with Crippen molar-refractivity contribution in [2.75, 3.05) is 13.2 Å². The summed E-state index contributed by atoms with van der Waals surface area (Å²) in [6.45, 7) is 3.38. The van der Waals surface area contributed by atoms with Crippen LogP contribution in [0.4, 0.5) is 0 Å². The predicted molar refractivity (Wildman–Crippen MR) is 277 cm³/mol. The number of carbonyl (C=O) groups is 2. The maximum absolute atomic E-state index is 12.9. The van der Waals surface area contributed by atoms with E-state index in [0.29, 0.717) is 12.8 Å². The molecule has 0 heterocycles. The van der Waals surface area contributed by atoms with Gasteiger partial charge in [0.05, 0.1) is 6.61 Å². The molecule has 1 saturated carbocycles. The largest absolute Gasteiger partial charge is 0.472 e. The SMILES string of the molecule is CCCCCCCCCCCCCCCCCCCCCCC(=O)OC[C@@H](COP(=O)(O)OC1C(O)C(O)C(O)[C@H](O)C1O)OC(=O)CCCCCCCCCCCCCCCCCCCCCC. The van der Waals surface area contributed by atoms with Crippen molar-refractivity contribution in [3.05, 3.63) is 0 Å². The van der Waals surface area contributed by atoms with E-state index in [1.807, 2.05) is 0 Å². The van der Waals surface area contributed by atoms with Gasteiger partial charge in [0.2, 0.25) is 0 Å². The van der Waals surface area contributed by atoms with Crippen molar-refractivity contribution in [2.24, 2.45) is 0 Å². The predicted octanol–water partition coefficient (Wildman–Crippen LogP) is 13.2. The van der Waals surface area contributed by atoms with E-state index >= 15 is 0 Å². The van der Waals surface area contributed by atoms with E-state index in [4.69, 9.17) is 18.5 Å². The van der Waals surface area contributed by atoms with Gasteiger partial charge in [-0.05, 0) is 12.8 Å². The number of unbranched alkanes of at least 4 members (excludes halogenated alkanes) is 38. The number of phosphoric acid groups is 1. The standard InChI is InChI=1S/C55H107O13P/c1-3-5-7-9-11-13-15-17-19-21-23-25-27-29-31-33-35-37-39-41-43-48(56)65-45-47(46-66-69(63,64)68-55-53(61)51(59)50(58)52(60)54(55)62)67-49(57)44-42-40-38-36-34-32-30-28-26-24-22-20-18-16-14-12-10-8-6-4-2/h47,50-55,58-62H,3-46H2,1-2H3,(H,63,64)/t47-,50?,51-,52?,53?,54?,55?/m0/s1. The van der Waals surface area contributed by atoms with Crippen LogP contribution in [0.5, 0.6) is 0 Å². The maximum atomic E-state index is 12.9. The van der Waals surface area contributed by atoms with Crippen molar-refractivity contribution < 1.29 is 63.1 Å². The summed E-state index contributed by atoms with van der Waals surface area (Å²) in [7, 11) is -5.12. The zero-order chi connectivity index (χ0) is 50.6. The summed E-state index contributed by atoms with van der Waals surface area (Å²) < 4.78 is 33.8. The molecule has 69 heavy (non-hydrogen) atoms. The molecule has 13 nitrogen and oxygen atoms in total. The van der Waals surface area contributed by atoms with Gasteiger partial charge in [0.25, 0.3) is 0 Å². The molecule has 14 heteroatoms. The monoisotopic (exact) mass is 1010 g/mol. The molecule has 0 amide bonds. The number of hydrogen-bond acceptors (Lipinski definition) is 12. The van der Waals surface area contributed by atoms with Gasteiger partial charge in [-0.25, -0.2) is 4.57 Å². The fraction of sp³-hybridized carbons (Fsp3) is 0.964. The molecular weight excluding hydrogens is 900 g/mol. The molecule has 0 radical (unpaired) electrons. The Morgan fingerprint density at radius 2 is 0.652 bits per heavy atom. The quantitative estimate of drug-likeness (QED) is 0.0191. The minimum absolute atomic E-state index is 0.106. The molecule has 0 aromatic rings. The average Bonchev–Trinajstić information content (AvgIpc) is 3.33. The zero-order valence-corrected chi connectivity index (χ0v) is 45.0. The Kier molecular flexibility index (Phi) is 43.4. The number of aliphatic hydroxyl groups is 5. The van der Waals surface area contributed by atoms with Crippen LogP contribution in [0.15, 0.2) is 0 Å². The van der Waals surface area contributed by atoms with Crippen molar-refractivity contribution in [3.8, 4) is 0 Å². The molecule has 0 aromatic carbocycles. The van der Waals surface area contributed by atoms with Crippen LogP contribution in [-0.4, -0.2) is 98.3 Å². The van der Waals surface area contributed by atoms with Gasteiger partial charge in [-0.2, -0.15) is 0 Å². The number of esters is 2. The highest BCUT2D eigenvalue weighted by Crippen LogP contribution is 2.47. The first-order valence-corrected chi connectivity index (χ1v) is 30.3. The first kappa shape index (κ1) is 65.9. The van der Waals surface area contributed by atoms with Gasteiger partial charge in [-0.15, -0.1) is 0 Å². The second kappa shape index (κ2) is 45.5. The van der Waals surface area contributed by atoms with E-state index < -0.39 is 75.7 Å². The molecule has 1 fully saturated rings. The molecule has 1 aliphatic carbocycles. The van der Waals surface area contributed by atoms with E-state index in [1.165, 1.54) is 205 Å². The molecule has 0 aromatic heterocycles. The third-order valence-corrected chi connectivity index (χ3v) is 14.9. The molecule has 0 saturated heterocycles. The molecule has 6 N–H and O–H groups in total. The highest BCUT2D eigenvalue weighted by atomic mass is 31.2. The summed E-state index contributed by atoms with van der Waals surface area (Å²) in [5.74, 6) is -1.07. The van der Waals surface area contributed by atoms with Crippen molar-refractivity contribution >= 4 is 19.8 Å². The molecule has 1 aliphatic rings. The summed E-state index contributed by atoms with van der Waals surface area (Å²) in [5, 5.41) is 50.4. The van der Waals surface area contributed by atoms with Crippen molar-refractivity contribution in [1.29, 1.82) is 0 Å². The molecule has 0 aliphatic heterocycles. The van der Waals surface area contributed by atoms with Crippen LogP contribution in [0.25, 0.3) is 0 Å². The van der Waals surface area contributed by atoms with E-state index in [0.717, 1.165) is 38.5 Å². The van der Waals surface area contributed by atoms with E-state index in [-0.39, 0.29) is 12.8 Å². The lowest BCUT2D eigenvalue weighted by Gasteiger charge is -2.41. The van der Waals surface area contributed by atoms with Crippen molar-refractivity contribution in [3.63, 3.8) is 0 Å². The second-order valence-electron chi connectivity index (χ2n) is 20.5. The Labute approximate surface area is 421 Å². The number of hydrogen-bond donors (Lipinski definition) is 6. The molecule has 0 spiro atoms. The molecule has 8 atom stereocenters. The van der Waals surface area contributed by atoms with Gasteiger partial charge in [0.1, 0.15) is 43.2 Å². The number of rotatable bonds is 50. The van der Waals surface area contributed by atoms with Crippen LogP contribution in [-0.2, 0) is 32.7 Å². The fourth-order valence-electron chi connectivity index (χ4n) is 9.35. The van der Waals surface area contributed by atoms with Crippen LogP contribution < -0.4 is 0 Å². The second-order valence-corrected chi connectivity index (χ2v) is 21.9. The Morgan fingerprint density at radius 3 is 0.957 bits per heavy atom. The number of carbonyl (C=O) groups excluding carboxylic acids is 2. The molecule has 0 bridgehead atoms. The Bertz CT molecular complexity index is 1210. The van der Waals surface area contributed by atoms with Crippen LogP contribution in [0.1, 0.15) is 284 Å².